The van der Waals surface area contributed by atoms with Crippen molar-refractivity contribution in [3.63, 3.8) is 0 Å². The normalized spacial score (nSPS) is 14.5. The highest BCUT2D eigenvalue weighted by atomic mass is 19.1. The van der Waals surface area contributed by atoms with Gasteiger partial charge in [-0.1, -0.05) is 6.07 Å². The maximum absolute atomic E-state index is 13.0. The standard InChI is InChI=1S/C16H14FNO2/c1-11-2-7-14-15(10-11)20-9-8-18(16(14)19)13-5-3-12(17)4-6-13/h2-7,10H,8-9H2,1H3. The fourth-order valence-electron chi connectivity index (χ4n) is 2.29. The van der Waals surface area contributed by atoms with Crippen LogP contribution in [0.5, 0.6) is 5.75 Å². The highest BCUT2D eigenvalue weighted by molar-refractivity contribution is 6.08. The summed E-state index contributed by atoms with van der Waals surface area (Å²) < 4.78 is 18.6. The van der Waals surface area contributed by atoms with Crippen molar-refractivity contribution in [1.29, 1.82) is 0 Å². The van der Waals surface area contributed by atoms with Crippen LogP contribution in [0.2, 0.25) is 0 Å². The Bertz CT molecular complexity index is 652. The number of carbonyl (C=O) groups excluding carboxylic acids is 1. The summed E-state index contributed by atoms with van der Waals surface area (Å²) in [5.74, 6) is 0.173. The van der Waals surface area contributed by atoms with E-state index in [1.54, 1.807) is 23.1 Å². The van der Waals surface area contributed by atoms with E-state index in [1.807, 2.05) is 19.1 Å². The number of hydrogen-bond acceptors (Lipinski definition) is 2. The topological polar surface area (TPSA) is 29.5 Å². The molecule has 0 spiro atoms. The Balaban J connectivity index is 2.00. The second-order valence-electron chi connectivity index (χ2n) is 4.78. The molecule has 0 atom stereocenters. The van der Waals surface area contributed by atoms with Crippen molar-refractivity contribution in [3.05, 3.63) is 59.4 Å². The Labute approximate surface area is 116 Å². The van der Waals surface area contributed by atoms with Crippen LogP contribution >= 0.6 is 0 Å². The zero-order chi connectivity index (χ0) is 14.1. The molecule has 1 aliphatic heterocycles. The number of aryl methyl sites for hydroxylation is 1. The number of anilines is 1. The summed E-state index contributed by atoms with van der Waals surface area (Å²) in [6, 6.07) is 11.4. The number of carbonyl (C=O) groups is 1. The summed E-state index contributed by atoms with van der Waals surface area (Å²) in [4.78, 5) is 14.2. The third-order valence-electron chi connectivity index (χ3n) is 3.32. The van der Waals surface area contributed by atoms with Crippen LogP contribution in [0.3, 0.4) is 0 Å². The molecular weight excluding hydrogens is 257 g/mol. The van der Waals surface area contributed by atoms with Crippen LogP contribution in [0, 0.1) is 12.7 Å². The van der Waals surface area contributed by atoms with Crippen molar-refractivity contribution in [1.82, 2.24) is 0 Å². The van der Waals surface area contributed by atoms with Crippen molar-refractivity contribution in [2.24, 2.45) is 0 Å². The lowest BCUT2D eigenvalue weighted by Crippen LogP contribution is -2.32. The zero-order valence-corrected chi connectivity index (χ0v) is 11.1. The van der Waals surface area contributed by atoms with Gasteiger partial charge in [0, 0.05) is 5.69 Å². The average molecular weight is 271 g/mol. The third kappa shape index (κ3) is 2.25. The van der Waals surface area contributed by atoms with E-state index in [1.165, 1.54) is 12.1 Å². The molecule has 0 saturated heterocycles. The van der Waals surface area contributed by atoms with Crippen molar-refractivity contribution in [3.8, 4) is 5.75 Å². The summed E-state index contributed by atoms with van der Waals surface area (Å²) in [6.07, 6.45) is 0. The van der Waals surface area contributed by atoms with E-state index in [4.69, 9.17) is 4.74 Å². The molecule has 3 rings (SSSR count). The minimum Gasteiger partial charge on any atom is -0.491 e. The molecule has 0 unspecified atom stereocenters. The SMILES string of the molecule is Cc1ccc2c(c1)OCCN(c1ccc(F)cc1)C2=O. The largest absolute Gasteiger partial charge is 0.491 e. The number of ether oxygens (including phenoxy) is 1. The Kier molecular flexibility index (Phi) is 3.14. The Hall–Kier alpha value is -2.36. The van der Waals surface area contributed by atoms with Gasteiger partial charge in [-0.05, 0) is 48.9 Å². The first-order valence-electron chi connectivity index (χ1n) is 6.46. The molecule has 0 fully saturated rings. The molecule has 2 aromatic rings. The van der Waals surface area contributed by atoms with Crippen LogP contribution in [0.1, 0.15) is 15.9 Å². The second-order valence-corrected chi connectivity index (χ2v) is 4.78. The summed E-state index contributed by atoms with van der Waals surface area (Å²) in [7, 11) is 0. The van der Waals surface area contributed by atoms with Crippen molar-refractivity contribution >= 4 is 11.6 Å². The van der Waals surface area contributed by atoms with Crippen LogP contribution in [0.25, 0.3) is 0 Å². The van der Waals surface area contributed by atoms with Crippen LogP contribution in [0.15, 0.2) is 42.5 Å². The smallest absolute Gasteiger partial charge is 0.262 e. The van der Waals surface area contributed by atoms with Crippen molar-refractivity contribution in [2.45, 2.75) is 6.92 Å². The molecule has 0 N–H and O–H groups in total. The molecule has 0 aromatic heterocycles. The van der Waals surface area contributed by atoms with E-state index in [0.717, 1.165) is 5.56 Å². The van der Waals surface area contributed by atoms with Gasteiger partial charge in [0.15, 0.2) is 0 Å². The molecule has 1 aliphatic rings. The van der Waals surface area contributed by atoms with Gasteiger partial charge in [-0.25, -0.2) is 4.39 Å². The summed E-state index contributed by atoms with van der Waals surface area (Å²) in [6.45, 7) is 2.81. The lowest BCUT2D eigenvalue weighted by molar-refractivity contribution is 0.0990. The highest BCUT2D eigenvalue weighted by Gasteiger charge is 2.24. The van der Waals surface area contributed by atoms with E-state index in [-0.39, 0.29) is 11.7 Å². The Morgan fingerprint density at radius 3 is 2.65 bits per heavy atom. The number of amides is 1. The first-order valence-corrected chi connectivity index (χ1v) is 6.46. The molecular formula is C16H14FNO2. The molecule has 1 heterocycles. The van der Waals surface area contributed by atoms with Crippen LogP contribution in [-0.2, 0) is 0 Å². The maximum atomic E-state index is 13.0. The van der Waals surface area contributed by atoms with E-state index >= 15 is 0 Å². The molecule has 0 radical (unpaired) electrons. The van der Waals surface area contributed by atoms with Gasteiger partial charge in [0.25, 0.3) is 5.91 Å². The number of rotatable bonds is 1. The van der Waals surface area contributed by atoms with E-state index in [0.29, 0.717) is 30.2 Å². The van der Waals surface area contributed by atoms with Crippen LogP contribution in [-0.4, -0.2) is 19.1 Å². The fraction of sp³-hybridized carbons (Fsp3) is 0.188. The fourth-order valence-corrected chi connectivity index (χ4v) is 2.29. The zero-order valence-electron chi connectivity index (χ0n) is 11.1. The number of nitrogens with zero attached hydrogens (tertiary/aromatic N) is 1. The van der Waals surface area contributed by atoms with E-state index in [2.05, 4.69) is 0 Å². The summed E-state index contributed by atoms with van der Waals surface area (Å²) >= 11 is 0. The number of benzene rings is 2. The molecule has 102 valence electrons. The molecule has 0 bridgehead atoms. The molecule has 0 saturated carbocycles. The van der Waals surface area contributed by atoms with Gasteiger partial charge in [0.05, 0.1) is 12.1 Å². The van der Waals surface area contributed by atoms with Gasteiger partial charge >= 0.3 is 0 Å². The Morgan fingerprint density at radius 1 is 1.15 bits per heavy atom. The monoisotopic (exact) mass is 271 g/mol. The highest BCUT2D eigenvalue weighted by Crippen LogP contribution is 2.27. The predicted octanol–water partition coefficient (Wildman–Crippen LogP) is 3.17. The van der Waals surface area contributed by atoms with Gasteiger partial charge in [0.2, 0.25) is 0 Å². The molecule has 0 aliphatic carbocycles. The maximum Gasteiger partial charge on any atom is 0.262 e. The average Bonchev–Trinajstić information content (AvgIpc) is 2.59. The van der Waals surface area contributed by atoms with E-state index < -0.39 is 0 Å². The molecule has 2 aromatic carbocycles. The van der Waals surface area contributed by atoms with Crippen LogP contribution < -0.4 is 9.64 Å². The second kappa shape index (κ2) is 4.96. The van der Waals surface area contributed by atoms with Gasteiger partial charge in [0.1, 0.15) is 18.2 Å². The summed E-state index contributed by atoms with van der Waals surface area (Å²) in [5, 5.41) is 0. The van der Waals surface area contributed by atoms with Gasteiger partial charge in [-0.3, -0.25) is 4.79 Å². The van der Waals surface area contributed by atoms with Gasteiger partial charge in [-0.2, -0.15) is 0 Å². The summed E-state index contributed by atoms with van der Waals surface area (Å²) in [5.41, 5.74) is 2.26. The lowest BCUT2D eigenvalue weighted by Gasteiger charge is -2.19. The molecule has 4 heteroatoms. The van der Waals surface area contributed by atoms with Gasteiger partial charge in [-0.15, -0.1) is 0 Å². The third-order valence-corrected chi connectivity index (χ3v) is 3.32. The molecule has 1 amide bonds. The predicted molar refractivity (Wildman–Crippen MR) is 74.8 cm³/mol. The molecule has 3 nitrogen and oxygen atoms in total. The number of halogens is 1. The lowest BCUT2D eigenvalue weighted by atomic mass is 10.1. The van der Waals surface area contributed by atoms with Crippen molar-refractivity contribution in [2.75, 3.05) is 18.1 Å². The van der Waals surface area contributed by atoms with Gasteiger partial charge < -0.3 is 9.64 Å². The minimum atomic E-state index is -0.316. The Morgan fingerprint density at radius 2 is 1.90 bits per heavy atom. The first-order chi connectivity index (χ1) is 9.65. The quantitative estimate of drug-likeness (QED) is 0.797. The number of hydrogen-bond donors (Lipinski definition) is 0. The van der Waals surface area contributed by atoms with Crippen molar-refractivity contribution < 1.29 is 13.9 Å². The van der Waals surface area contributed by atoms with Crippen LogP contribution in [0.4, 0.5) is 10.1 Å². The first kappa shape index (κ1) is 12.7. The van der Waals surface area contributed by atoms with E-state index in [9.17, 15) is 9.18 Å². The molecule has 20 heavy (non-hydrogen) atoms. The minimum absolute atomic E-state index is 0.121. The number of fused-ring (bicyclic) bond motifs is 1.